The van der Waals surface area contributed by atoms with Crippen molar-refractivity contribution in [2.75, 3.05) is 33.5 Å². The second-order valence-corrected chi connectivity index (χ2v) is 6.93. The molecule has 0 amide bonds. The Labute approximate surface area is 178 Å². The zero-order valence-corrected chi connectivity index (χ0v) is 18.0. The lowest BCUT2D eigenvalue weighted by Gasteiger charge is -2.33. The summed E-state index contributed by atoms with van der Waals surface area (Å²) in [5.74, 6) is -0.476. The van der Waals surface area contributed by atoms with E-state index in [2.05, 4.69) is 0 Å². The summed E-state index contributed by atoms with van der Waals surface area (Å²) in [7, 11) is 1.50. The number of hydrogen-bond donors (Lipinski definition) is 0. The van der Waals surface area contributed by atoms with E-state index in [1.54, 1.807) is 6.92 Å². The van der Waals surface area contributed by atoms with Gasteiger partial charge in [0.15, 0.2) is 0 Å². The fraction of sp³-hybridized carbons (Fsp3) is 0.458. The summed E-state index contributed by atoms with van der Waals surface area (Å²) in [6.45, 7) is 5.23. The number of benzene rings is 2. The summed E-state index contributed by atoms with van der Waals surface area (Å²) < 4.78 is 36.4. The molecule has 0 saturated heterocycles. The van der Waals surface area contributed by atoms with Gasteiger partial charge in [0.1, 0.15) is 17.0 Å². The van der Waals surface area contributed by atoms with Gasteiger partial charge in [0.05, 0.1) is 26.9 Å². The molecule has 30 heavy (non-hydrogen) atoms. The van der Waals surface area contributed by atoms with Crippen LogP contribution < -0.4 is 4.74 Å². The number of carbonyl (C=O) groups is 1. The fourth-order valence-corrected chi connectivity index (χ4v) is 3.40. The lowest BCUT2D eigenvalue weighted by atomic mass is 9.76. The Bertz CT molecular complexity index is 780. The van der Waals surface area contributed by atoms with E-state index in [1.807, 2.05) is 37.3 Å². The predicted molar refractivity (Wildman–Crippen MR) is 113 cm³/mol. The monoisotopic (exact) mass is 418 g/mol. The number of esters is 1. The third-order valence-corrected chi connectivity index (χ3v) is 4.90. The zero-order chi connectivity index (χ0) is 21.8. The summed E-state index contributed by atoms with van der Waals surface area (Å²) >= 11 is 0. The topological polar surface area (TPSA) is 54.0 Å². The Morgan fingerprint density at radius 1 is 1.03 bits per heavy atom. The number of carbonyl (C=O) groups excluding carboxylic acids is 1. The van der Waals surface area contributed by atoms with Crippen LogP contribution in [0, 0.1) is 5.82 Å². The van der Waals surface area contributed by atoms with Crippen molar-refractivity contribution >= 4 is 5.97 Å². The van der Waals surface area contributed by atoms with Crippen LogP contribution in [0.25, 0.3) is 0 Å². The molecule has 0 saturated carbocycles. The SMILES string of the molecule is CCOCC(CCCOCc1ccccc1)(C(=O)OCC)c1cc(F)ccc1OC. The fourth-order valence-electron chi connectivity index (χ4n) is 3.40. The molecule has 1 atom stereocenters. The number of halogens is 1. The highest BCUT2D eigenvalue weighted by Gasteiger charge is 2.44. The van der Waals surface area contributed by atoms with Gasteiger partial charge in [-0.05, 0) is 50.5 Å². The highest BCUT2D eigenvalue weighted by Crippen LogP contribution is 2.38. The van der Waals surface area contributed by atoms with Crippen molar-refractivity contribution in [1.82, 2.24) is 0 Å². The quantitative estimate of drug-likeness (QED) is 0.350. The molecule has 0 aromatic heterocycles. The third-order valence-electron chi connectivity index (χ3n) is 4.90. The lowest BCUT2D eigenvalue weighted by Crippen LogP contribution is -2.43. The standard InChI is InChI=1S/C24H31FO5/c1-4-28-18-24(23(26)30-5-2,21-16-20(25)12-13-22(21)27-3)14-9-15-29-17-19-10-7-6-8-11-19/h6-8,10-13,16H,4-5,9,14-15,17-18H2,1-3H3. The van der Waals surface area contributed by atoms with E-state index in [0.29, 0.717) is 44.0 Å². The average Bonchev–Trinajstić information content (AvgIpc) is 2.76. The van der Waals surface area contributed by atoms with Gasteiger partial charge in [-0.2, -0.15) is 0 Å². The molecule has 2 aromatic carbocycles. The van der Waals surface area contributed by atoms with E-state index in [9.17, 15) is 9.18 Å². The maximum Gasteiger partial charge on any atom is 0.319 e. The largest absolute Gasteiger partial charge is 0.496 e. The minimum absolute atomic E-state index is 0.0703. The molecule has 2 rings (SSSR count). The second kappa shape index (κ2) is 12.3. The van der Waals surface area contributed by atoms with Crippen molar-refractivity contribution in [3.8, 4) is 5.75 Å². The van der Waals surface area contributed by atoms with Gasteiger partial charge in [-0.3, -0.25) is 4.79 Å². The zero-order valence-electron chi connectivity index (χ0n) is 18.0. The van der Waals surface area contributed by atoms with Crippen LogP contribution >= 0.6 is 0 Å². The molecule has 164 valence electrons. The van der Waals surface area contributed by atoms with Crippen molar-refractivity contribution in [3.05, 3.63) is 65.5 Å². The molecular weight excluding hydrogens is 387 g/mol. The molecule has 0 spiro atoms. The molecule has 0 aliphatic rings. The molecule has 0 aliphatic heterocycles. The molecular formula is C24H31FO5. The Hall–Kier alpha value is -2.44. The van der Waals surface area contributed by atoms with E-state index in [4.69, 9.17) is 18.9 Å². The minimum atomic E-state index is -1.18. The van der Waals surface area contributed by atoms with Crippen molar-refractivity contribution in [2.45, 2.75) is 38.7 Å². The third kappa shape index (κ3) is 6.28. The highest BCUT2D eigenvalue weighted by atomic mass is 19.1. The molecule has 0 aliphatic carbocycles. The van der Waals surface area contributed by atoms with Gasteiger partial charge in [-0.15, -0.1) is 0 Å². The summed E-state index contributed by atoms with van der Waals surface area (Å²) in [5, 5.41) is 0. The smallest absolute Gasteiger partial charge is 0.319 e. The van der Waals surface area contributed by atoms with Crippen LogP contribution in [0.3, 0.4) is 0 Å². The summed E-state index contributed by atoms with van der Waals surface area (Å²) in [4.78, 5) is 13.1. The first kappa shape index (κ1) is 23.8. The molecule has 0 heterocycles. The van der Waals surface area contributed by atoms with Gasteiger partial charge in [-0.25, -0.2) is 4.39 Å². The summed E-state index contributed by atoms with van der Waals surface area (Å²) in [5.41, 5.74) is 0.325. The Balaban J connectivity index is 2.23. The van der Waals surface area contributed by atoms with Gasteiger partial charge < -0.3 is 18.9 Å². The Kier molecular flexibility index (Phi) is 9.77. The van der Waals surface area contributed by atoms with Crippen LogP contribution in [0.2, 0.25) is 0 Å². The maximum atomic E-state index is 14.1. The van der Waals surface area contributed by atoms with Crippen LogP contribution in [0.5, 0.6) is 5.75 Å². The lowest BCUT2D eigenvalue weighted by molar-refractivity contribution is -0.153. The van der Waals surface area contributed by atoms with Crippen LogP contribution in [0.1, 0.15) is 37.8 Å². The van der Waals surface area contributed by atoms with Crippen LogP contribution in [-0.4, -0.2) is 39.5 Å². The number of hydrogen-bond acceptors (Lipinski definition) is 5. The van der Waals surface area contributed by atoms with Crippen molar-refractivity contribution in [1.29, 1.82) is 0 Å². The van der Waals surface area contributed by atoms with E-state index < -0.39 is 17.2 Å². The first-order valence-corrected chi connectivity index (χ1v) is 10.3. The molecule has 0 fully saturated rings. The van der Waals surface area contributed by atoms with Crippen LogP contribution in [0.15, 0.2) is 48.5 Å². The Morgan fingerprint density at radius 3 is 2.47 bits per heavy atom. The average molecular weight is 419 g/mol. The molecule has 0 radical (unpaired) electrons. The van der Waals surface area contributed by atoms with Crippen molar-refractivity contribution < 1.29 is 28.1 Å². The molecule has 6 heteroatoms. The number of ether oxygens (including phenoxy) is 4. The Morgan fingerprint density at radius 2 is 1.80 bits per heavy atom. The molecule has 2 aromatic rings. The first-order valence-electron chi connectivity index (χ1n) is 10.3. The highest BCUT2D eigenvalue weighted by molar-refractivity contribution is 5.84. The van der Waals surface area contributed by atoms with E-state index in [-0.39, 0.29) is 13.2 Å². The predicted octanol–water partition coefficient (Wildman–Crippen LogP) is 4.67. The minimum Gasteiger partial charge on any atom is -0.496 e. The van der Waals surface area contributed by atoms with Crippen LogP contribution in [-0.2, 0) is 31.0 Å². The molecule has 5 nitrogen and oxygen atoms in total. The van der Waals surface area contributed by atoms with E-state index >= 15 is 0 Å². The number of rotatable bonds is 13. The molecule has 1 unspecified atom stereocenters. The van der Waals surface area contributed by atoms with E-state index in [1.165, 1.54) is 25.3 Å². The summed E-state index contributed by atoms with van der Waals surface area (Å²) in [6.07, 6.45) is 0.943. The normalized spacial score (nSPS) is 12.9. The maximum absolute atomic E-state index is 14.1. The second-order valence-electron chi connectivity index (χ2n) is 6.93. The van der Waals surface area contributed by atoms with Gasteiger partial charge in [-0.1, -0.05) is 30.3 Å². The van der Waals surface area contributed by atoms with Crippen LogP contribution in [0.4, 0.5) is 4.39 Å². The first-order chi connectivity index (χ1) is 14.6. The van der Waals surface area contributed by atoms with Gasteiger partial charge in [0.2, 0.25) is 0 Å². The van der Waals surface area contributed by atoms with Gasteiger partial charge >= 0.3 is 5.97 Å². The van der Waals surface area contributed by atoms with Crippen molar-refractivity contribution in [2.24, 2.45) is 0 Å². The number of methoxy groups -OCH3 is 1. The van der Waals surface area contributed by atoms with E-state index in [0.717, 1.165) is 5.56 Å². The molecule has 0 N–H and O–H groups in total. The molecule has 0 bridgehead atoms. The van der Waals surface area contributed by atoms with Gasteiger partial charge in [0, 0.05) is 18.8 Å². The van der Waals surface area contributed by atoms with Crippen molar-refractivity contribution in [3.63, 3.8) is 0 Å². The summed E-state index contributed by atoms with van der Waals surface area (Å²) in [6, 6.07) is 14.0. The van der Waals surface area contributed by atoms with Gasteiger partial charge in [0.25, 0.3) is 0 Å².